The first-order chi connectivity index (χ1) is 8.38. The van der Waals surface area contributed by atoms with Crippen LogP contribution in [0.15, 0.2) is 60.7 Å². The number of nitrogens with zero attached hydrogens (tertiary/aromatic N) is 1. The molecule has 3 heteroatoms. The van der Waals surface area contributed by atoms with E-state index >= 15 is 0 Å². The van der Waals surface area contributed by atoms with Gasteiger partial charge in [-0.15, -0.1) is 0 Å². The molecule has 0 radical (unpaired) electrons. The van der Waals surface area contributed by atoms with E-state index in [1.807, 2.05) is 7.05 Å². The average Bonchev–Trinajstić information content (AvgIpc) is 2.40. The molecule has 2 aromatic carbocycles. The Bertz CT molecular complexity index is 389. The van der Waals surface area contributed by atoms with Gasteiger partial charge in [0.1, 0.15) is 0 Å². The van der Waals surface area contributed by atoms with Gasteiger partial charge in [-0.05, 0) is 0 Å². The number of hydrogen-bond donors (Lipinski definition) is 1. The van der Waals surface area contributed by atoms with Crippen molar-refractivity contribution in [2.75, 3.05) is 7.05 Å². The van der Waals surface area contributed by atoms with E-state index in [0.717, 1.165) is 6.54 Å². The number of hydrazine groups is 1. The number of hydrogen-bond acceptors (Lipinski definition) is 2. The average molecular weight is 291 g/mol. The van der Waals surface area contributed by atoms with Crippen LogP contribution in [0.25, 0.3) is 0 Å². The van der Waals surface area contributed by atoms with Gasteiger partial charge in [-0.3, -0.25) is 0 Å². The Morgan fingerprint density at radius 2 is 1.53 bits per heavy atom. The van der Waals surface area contributed by atoms with Gasteiger partial charge in [-0.25, -0.2) is 0 Å². The summed E-state index contributed by atoms with van der Waals surface area (Å²) in [6.07, 6.45) is 0. The molecule has 0 unspecified atom stereocenters. The molecule has 2 aromatic rings. The third-order valence-corrected chi connectivity index (χ3v) is 4.51. The summed E-state index contributed by atoms with van der Waals surface area (Å²) in [5.74, 6) is 0. The predicted octanol–water partition coefficient (Wildman–Crippen LogP) is 1.57. The third kappa shape index (κ3) is 3.99. The molecule has 0 spiro atoms. The van der Waals surface area contributed by atoms with Crippen molar-refractivity contribution in [3.8, 4) is 0 Å². The van der Waals surface area contributed by atoms with Crippen LogP contribution >= 0.6 is 0 Å². The SMILES string of the molecule is CNN(Cc1ccccc1)[Se]c1ccccc1. The summed E-state index contributed by atoms with van der Waals surface area (Å²) in [5.41, 5.74) is 4.59. The minimum atomic E-state index is 0.311. The van der Waals surface area contributed by atoms with Crippen molar-refractivity contribution in [2.45, 2.75) is 6.54 Å². The fourth-order valence-electron chi connectivity index (χ4n) is 1.51. The van der Waals surface area contributed by atoms with E-state index in [-0.39, 0.29) is 0 Å². The Morgan fingerprint density at radius 1 is 0.941 bits per heavy atom. The second kappa shape index (κ2) is 6.57. The van der Waals surface area contributed by atoms with Crippen molar-refractivity contribution in [3.05, 3.63) is 66.2 Å². The molecule has 0 aromatic heterocycles. The van der Waals surface area contributed by atoms with Crippen LogP contribution in [0, 0.1) is 0 Å². The Kier molecular flexibility index (Phi) is 4.77. The molecule has 2 rings (SSSR count). The Hall–Kier alpha value is -1.12. The van der Waals surface area contributed by atoms with Crippen LogP contribution in [-0.2, 0) is 6.54 Å². The molecular formula is C14H16N2Se. The van der Waals surface area contributed by atoms with Crippen molar-refractivity contribution in [1.82, 2.24) is 9.45 Å². The van der Waals surface area contributed by atoms with Crippen LogP contribution in [0.4, 0.5) is 0 Å². The van der Waals surface area contributed by atoms with E-state index in [1.54, 1.807) is 0 Å². The van der Waals surface area contributed by atoms with Gasteiger partial charge in [-0.2, -0.15) is 0 Å². The molecule has 0 fully saturated rings. The van der Waals surface area contributed by atoms with Gasteiger partial charge in [-0.1, -0.05) is 0 Å². The maximum atomic E-state index is 3.26. The summed E-state index contributed by atoms with van der Waals surface area (Å²) >= 11 is 0.311. The first-order valence-electron chi connectivity index (χ1n) is 5.60. The molecular weight excluding hydrogens is 275 g/mol. The predicted molar refractivity (Wildman–Crippen MR) is 72.9 cm³/mol. The van der Waals surface area contributed by atoms with Crippen LogP contribution < -0.4 is 9.89 Å². The van der Waals surface area contributed by atoms with Crippen LogP contribution in [0.5, 0.6) is 0 Å². The van der Waals surface area contributed by atoms with Gasteiger partial charge in [0.05, 0.1) is 0 Å². The molecule has 0 amide bonds. The molecule has 0 heterocycles. The molecule has 2 nitrogen and oxygen atoms in total. The van der Waals surface area contributed by atoms with Crippen molar-refractivity contribution in [1.29, 1.82) is 0 Å². The summed E-state index contributed by atoms with van der Waals surface area (Å²) in [5, 5.41) is 0. The molecule has 0 aliphatic carbocycles. The first-order valence-corrected chi connectivity index (χ1v) is 7.22. The van der Waals surface area contributed by atoms with Gasteiger partial charge < -0.3 is 0 Å². The van der Waals surface area contributed by atoms with Crippen LogP contribution in [0.3, 0.4) is 0 Å². The van der Waals surface area contributed by atoms with E-state index in [4.69, 9.17) is 0 Å². The van der Waals surface area contributed by atoms with E-state index in [2.05, 4.69) is 70.1 Å². The standard InChI is InChI=1S/C14H16N2Se/c1-15-16(12-13-8-4-2-5-9-13)17-14-10-6-3-7-11-14/h2-11,15H,12H2,1H3. The van der Waals surface area contributed by atoms with Crippen molar-refractivity contribution < 1.29 is 0 Å². The van der Waals surface area contributed by atoms with Gasteiger partial charge in [0.25, 0.3) is 0 Å². The van der Waals surface area contributed by atoms with Crippen molar-refractivity contribution in [2.24, 2.45) is 0 Å². The number of rotatable bonds is 5. The number of benzene rings is 2. The summed E-state index contributed by atoms with van der Waals surface area (Å²) in [7, 11) is 1.98. The Labute approximate surface area is 109 Å². The van der Waals surface area contributed by atoms with E-state index in [9.17, 15) is 0 Å². The normalized spacial score (nSPS) is 10.7. The minimum absolute atomic E-state index is 0.311. The number of nitrogens with one attached hydrogen (secondary N) is 1. The van der Waals surface area contributed by atoms with E-state index in [0.29, 0.717) is 15.2 Å². The second-order valence-corrected chi connectivity index (χ2v) is 5.95. The Balaban J connectivity index is 1.98. The van der Waals surface area contributed by atoms with Gasteiger partial charge in [0, 0.05) is 0 Å². The van der Waals surface area contributed by atoms with Crippen molar-refractivity contribution in [3.63, 3.8) is 0 Å². The monoisotopic (exact) mass is 292 g/mol. The summed E-state index contributed by atoms with van der Waals surface area (Å²) in [6.45, 7) is 0.937. The molecule has 0 aliphatic rings. The Morgan fingerprint density at radius 3 is 2.12 bits per heavy atom. The van der Waals surface area contributed by atoms with Gasteiger partial charge >= 0.3 is 109 Å². The quantitative estimate of drug-likeness (QED) is 0.664. The van der Waals surface area contributed by atoms with E-state index in [1.165, 1.54) is 10.0 Å². The molecule has 0 saturated heterocycles. The molecule has 17 heavy (non-hydrogen) atoms. The molecule has 0 aliphatic heterocycles. The van der Waals surface area contributed by atoms with Crippen LogP contribution in [-0.4, -0.2) is 26.2 Å². The zero-order chi connectivity index (χ0) is 11.9. The maximum absolute atomic E-state index is 3.26. The van der Waals surface area contributed by atoms with E-state index < -0.39 is 0 Å². The fraction of sp³-hybridized carbons (Fsp3) is 0.143. The first kappa shape index (κ1) is 12.3. The second-order valence-electron chi connectivity index (χ2n) is 3.65. The van der Waals surface area contributed by atoms with Crippen molar-refractivity contribution >= 4 is 19.6 Å². The summed E-state index contributed by atoms with van der Waals surface area (Å²) in [4.78, 5) is 0. The van der Waals surface area contributed by atoms with Crippen LogP contribution in [0.1, 0.15) is 5.56 Å². The summed E-state index contributed by atoms with van der Waals surface area (Å²) in [6, 6.07) is 21.1. The molecule has 0 bridgehead atoms. The molecule has 88 valence electrons. The van der Waals surface area contributed by atoms with Gasteiger partial charge in [0.2, 0.25) is 0 Å². The fourth-order valence-corrected chi connectivity index (χ4v) is 3.27. The summed E-state index contributed by atoms with van der Waals surface area (Å²) < 4.78 is 3.64. The third-order valence-electron chi connectivity index (χ3n) is 2.38. The van der Waals surface area contributed by atoms with Gasteiger partial charge in [0.15, 0.2) is 0 Å². The molecule has 0 atom stereocenters. The van der Waals surface area contributed by atoms with Crippen LogP contribution in [0.2, 0.25) is 0 Å². The zero-order valence-corrected chi connectivity index (χ0v) is 11.5. The molecule has 0 saturated carbocycles. The molecule has 1 N–H and O–H groups in total. The zero-order valence-electron chi connectivity index (χ0n) is 9.84. The topological polar surface area (TPSA) is 15.3 Å².